The molecule has 7 nitrogen and oxygen atoms in total. The monoisotopic (exact) mass is 414 g/mol. The maximum Gasteiger partial charge on any atom is 0.280 e. The number of methoxy groups -OCH3 is 2. The van der Waals surface area contributed by atoms with Crippen molar-refractivity contribution in [2.45, 2.75) is 12.8 Å². The van der Waals surface area contributed by atoms with Crippen LogP contribution in [0.1, 0.15) is 15.9 Å². The average molecular weight is 414 g/mol. The number of fused-ring (bicyclic) bond motifs is 1. The van der Waals surface area contributed by atoms with Crippen LogP contribution in [0.15, 0.2) is 53.9 Å². The standard InChI is InChI=1S/C21H20F2N4O3/c1-29-17-6-3-12(9-18(17)30-2)7-8-24-21(28)14-11-25-27-16(19(22)23)10-15(13-4-5-13)26-20(14)27/h3-6,9-11,19,26H,7-8H2,1-2H3,(H,24,28). The number of rotatable bonds is 7. The van der Waals surface area contributed by atoms with E-state index >= 15 is 0 Å². The summed E-state index contributed by atoms with van der Waals surface area (Å²) in [6.07, 6.45) is 4.08. The number of nitrogens with zero attached hydrogens (tertiary/aromatic N) is 2. The van der Waals surface area contributed by atoms with Gasteiger partial charge < -0.3 is 20.1 Å². The molecule has 2 heterocycles. The van der Waals surface area contributed by atoms with Crippen molar-refractivity contribution >= 4 is 17.4 Å². The van der Waals surface area contributed by atoms with Crippen LogP contribution in [-0.4, -0.2) is 42.9 Å². The summed E-state index contributed by atoms with van der Waals surface area (Å²) in [7, 11) is 3.12. The number of hydrogen-bond donors (Lipinski definition) is 2. The number of benzene rings is 1. The second-order valence-electron chi connectivity index (χ2n) is 6.71. The summed E-state index contributed by atoms with van der Waals surface area (Å²) in [5.74, 6) is 1.07. The maximum atomic E-state index is 13.5. The summed E-state index contributed by atoms with van der Waals surface area (Å²) in [4.78, 5) is 12.7. The number of amides is 1. The quantitative estimate of drug-likeness (QED) is 0.728. The van der Waals surface area contributed by atoms with Crippen LogP contribution in [0, 0.1) is 0 Å². The van der Waals surface area contributed by atoms with Gasteiger partial charge in [-0.3, -0.25) is 4.79 Å². The zero-order valence-corrected chi connectivity index (χ0v) is 16.4. The Balaban J connectivity index is 1.46. The van der Waals surface area contributed by atoms with E-state index in [1.54, 1.807) is 32.4 Å². The topological polar surface area (TPSA) is 77.4 Å². The highest BCUT2D eigenvalue weighted by Gasteiger charge is 2.28. The summed E-state index contributed by atoms with van der Waals surface area (Å²) in [5.41, 5.74) is 2.23. The van der Waals surface area contributed by atoms with Crippen molar-refractivity contribution in [3.05, 3.63) is 65.0 Å². The first kappa shape index (κ1) is 19.7. The Hall–Kier alpha value is -3.62. The van der Waals surface area contributed by atoms with Gasteiger partial charge in [0.1, 0.15) is 17.1 Å². The molecular weight excluding hydrogens is 394 g/mol. The van der Waals surface area contributed by atoms with Gasteiger partial charge in [-0.05, 0) is 35.8 Å². The average Bonchev–Trinajstić information content (AvgIpc) is 3.51. The van der Waals surface area contributed by atoms with Crippen LogP contribution in [0.3, 0.4) is 0 Å². The predicted octanol–water partition coefficient (Wildman–Crippen LogP) is 3.23. The van der Waals surface area contributed by atoms with Crippen LogP contribution in [0.4, 0.5) is 14.6 Å². The Morgan fingerprint density at radius 1 is 1.23 bits per heavy atom. The molecule has 0 bridgehead atoms. The van der Waals surface area contributed by atoms with Crippen molar-refractivity contribution in [1.29, 1.82) is 0 Å². The van der Waals surface area contributed by atoms with E-state index in [2.05, 4.69) is 15.7 Å². The fourth-order valence-electron chi connectivity index (χ4n) is 3.19. The molecular formula is C21H20F2N4O3. The van der Waals surface area contributed by atoms with Crippen molar-refractivity contribution in [2.24, 2.45) is 0 Å². The Morgan fingerprint density at radius 2 is 2.00 bits per heavy atom. The van der Waals surface area contributed by atoms with Gasteiger partial charge in [0, 0.05) is 12.2 Å². The third kappa shape index (κ3) is 3.78. The van der Waals surface area contributed by atoms with E-state index in [-0.39, 0.29) is 17.1 Å². The number of allylic oxidation sites excluding steroid dienone is 5. The van der Waals surface area contributed by atoms with Gasteiger partial charge >= 0.3 is 0 Å². The van der Waals surface area contributed by atoms with Gasteiger partial charge in [-0.1, -0.05) is 18.2 Å². The third-order valence-electron chi connectivity index (χ3n) is 4.82. The molecule has 0 fully saturated rings. The van der Waals surface area contributed by atoms with Crippen LogP contribution in [0.2, 0.25) is 0 Å². The smallest absolute Gasteiger partial charge is 0.280 e. The second kappa shape index (κ2) is 8.02. The molecule has 9 heteroatoms. The van der Waals surface area contributed by atoms with Crippen molar-refractivity contribution in [3.8, 4) is 11.5 Å². The molecule has 2 N–H and O–H groups in total. The summed E-state index contributed by atoms with van der Waals surface area (Å²) in [6.45, 7) is 0.353. The highest BCUT2D eigenvalue weighted by Crippen LogP contribution is 2.34. The number of aromatic nitrogens is 2. The van der Waals surface area contributed by atoms with Gasteiger partial charge in [-0.25, -0.2) is 13.5 Å². The van der Waals surface area contributed by atoms with Crippen LogP contribution >= 0.6 is 0 Å². The van der Waals surface area contributed by atoms with E-state index in [1.807, 2.05) is 12.1 Å². The lowest BCUT2D eigenvalue weighted by atomic mass is 10.1. The van der Waals surface area contributed by atoms with E-state index in [0.29, 0.717) is 30.2 Å². The van der Waals surface area contributed by atoms with E-state index in [0.717, 1.165) is 15.8 Å². The van der Waals surface area contributed by atoms with Crippen molar-refractivity contribution < 1.29 is 23.0 Å². The van der Waals surface area contributed by atoms with Crippen LogP contribution in [0.25, 0.3) is 5.70 Å². The number of hydrogen-bond acceptors (Lipinski definition) is 5. The molecule has 1 aliphatic heterocycles. The molecule has 156 valence electrons. The Morgan fingerprint density at radius 3 is 2.67 bits per heavy atom. The first-order chi connectivity index (χ1) is 14.5. The number of carbonyl (C=O) groups is 1. The third-order valence-corrected chi connectivity index (χ3v) is 4.82. The molecule has 0 atom stereocenters. The molecule has 2 aliphatic rings. The van der Waals surface area contributed by atoms with Crippen LogP contribution in [0.5, 0.6) is 11.5 Å². The van der Waals surface area contributed by atoms with Crippen LogP contribution < -0.4 is 20.1 Å². The van der Waals surface area contributed by atoms with Gasteiger partial charge in [-0.15, -0.1) is 0 Å². The SMILES string of the molecule is COc1ccc(CCNC(=O)c2cnn3c2NC(=C2C=C2)C=C3C(F)F)cc1OC. The molecule has 0 saturated carbocycles. The van der Waals surface area contributed by atoms with Gasteiger partial charge in [0.25, 0.3) is 12.3 Å². The summed E-state index contributed by atoms with van der Waals surface area (Å²) < 4.78 is 38.5. The lowest BCUT2D eigenvalue weighted by Crippen LogP contribution is -2.27. The zero-order valence-electron chi connectivity index (χ0n) is 16.4. The first-order valence-corrected chi connectivity index (χ1v) is 9.28. The normalized spacial score (nSPS) is 14.2. The molecule has 0 unspecified atom stereocenters. The van der Waals surface area contributed by atoms with Crippen molar-refractivity contribution in [3.63, 3.8) is 0 Å². The van der Waals surface area contributed by atoms with Gasteiger partial charge in [0.05, 0.1) is 20.4 Å². The minimum Gasteiger partial charge on any atom is -0.493 e. The van der Waals surface area contributed by atoms with Crippen molar-refractivity contribution in [1.82, 2.24) is 15.1 Å². The molecule has 2 aromatic rings. The van der Waals surface area contributed by atoms with Gasteiger partial charge in [-0.2, -0.15) is 5.10 Å². The predicted molar refractivity (Wildman–Crippen MR) is 108 cm³/mol. The molecule has 4 rings (SSSR count). The maximum absolute atomic E-state index is 13.5. The largest absolute Gasteiger partial charge is 0.493 e. The van der Waals surface area contributed by atoms with Gasteiger partial charge in [0.2, 0.25) is 0 Å². The summed E-state index contributed by atoms with van der Waals surface area (Å²) in [5, 5.41) is 9.81. The number of carbonyl (C=O) groups excluding carboxylic acids is 1. The van der Waals surface area contributed by atoms with E-state index < -0.39 is 12.3 Å². The number of ether oxygens (including phenoxy) is 2. The number of nitrogens with one attached hydrogen (secondary N) is 2. The number of anilines is 1. The minimum absolute atomic E-state index is 0.201. The van der Waals surface area contributed by atoms with Crippen molar-refractivity contribution in [2.75, 3.05) is 26.1 Å². The lowest BCUT2D eigenvalue weighted by Gasteiger charge is -2.20. The summed E-state index contributed by atoms with van der Waals surface area (Å²) in [6, 6.07) is 5.53. The molecule has 0 radical (unpaired) electrons. The molecule has 1 aromatic heterocycles. The Bertz CT molecular complexity index is 1080. The number of alkyl halides is 2. The fraction of sp³-hybridized carbons (Fsp3) is 0.238. The molecule has 1 aromatic carbocycles. The van der Waals surface area contributed by atoms with E-state index in [9.17, 15) is 13.6 Å². The zero-order chi connectivity index (χ0) is 21.3. The molecule has 1 aliphatic carbocycles. The second-order valence-corrected chi connectivity index (χ2v) is 6.71. The minimum atomic E-state index is -2.72. The molecule has 0 saturated heterocycles. The Kier molecular flexibility index (Phi) is 5.26. The molecule has 30 heavy (non-hydrogen) atoms. The molecule has 0 spiro atoms. The van der Waals surface area contributed by atoms with Gasteiger partial charge in [0.15, 0.2) is 11.5 Å². The first-order valence-electron chi connectivity index (χ1n) is 9.28. The number of halogens is 2. The summed E-state index contributed by atoms with van der Waals surface area (Å²) >= 11 is 0. The van der Waals surface area contributed by atoms with E-state index in [4.69, 9.17) is 9.47 Å². The van der Waals surface area contributed by atoms with E-state index in [1.165, 1.54) is 12.3 Å². The molecule has 1 amide bonds. The fourth-order valence-corrected chi connectivity index (χ4v) is 3.19. The Labute approximate surface area is 171 Å². The lowest BCUT2D eigenvalue weighted by molar-refractivity contribution is 0.0955. The highest BCUT2D eigenvalue weighted by atomic mass is 19.3. The van der Waals surface area contributed by atoms with Crippen LogP contribution in [-0.2, 0) is 6.42 Å². The highest BCUT2D eigenvalue weighted by molar-refractivity contribution is 6.00.